The fourth-order valence-electron chi connectivity index (χ4n) is 1.74. The molecule has 0 saturated heterocycles. The van der Waals surface area contributed by atoms with Gasteiger partial charge in [-0.25, -0.2) is 0 Å². The number of amides is 1. The van der Waals surface area contributed by atoms with E-state index >= 15 is 0 Å². The third-order valence-electron chi connectivity index (χ3n) is 2.74. The Morgan fingerprint density at radius 2 is 2.31 bits per heavy atom. The average Bonchev–Trinajstić information content (AvgIpc) is 2.97. The molecular formula is C12H16BrNO2. The molecule has 0 spiro atoms. The lowest BCUT2D eigenvalue weighted by molar-refractivity contribution is 0.0714. The standard InChI is InChI=1S/C12H16BrNO2/c1-2-7-14(8-9-3-4-9)12(15)10-5-6-11(13)16-10/h5-6,9H,2-4,7-8H2,1H3. The number of hydrogen-bond acceptors (Lipinski definition) is 2. The summed E-state index contributed by atoms with van der Waals surface area (Å²) < 4.78 is 5.91. The van der Waals surface area contributed by atoms with Crippen molar-refractivity contribution in [2.45, 2.75) is 26.2 Å². The van der Waals surface area contributed by atoms with Crippen LogP contribution in [0, 0.1) is 5.92 Å². The van der Waals surface area contributed by atoms with Crippen molar-refractivity contribution in [2.75, 3.05) is 13.1 Å². The smallest absolute Gasteiger partial charge is 0.289 e. The summed E-state index contributed by atoms with van der Waals surface area (Å²) in [5.74, 6) is 1.16. The minimum absolute atomic E-state index is 0.0134. The van der Waals surface area contributed by atoms with E-state index < -0.39 is 0 Å². The number of nitrogens with zero attached hydrogens (tertiary/aromatic N) is 1. The molecule has 1 amide bonds. The van der Waals surface area contributed by atoms with E-state index in [-0.39, 0.29) is 5.91 Å². The molecule has 1 aromatic heterocycles. The Morgan fingerprint density at radius 1 is 1.56 bits per heavy atom. The lowest BCUT2D eigenvalue weighted by atomic mass is 10.3. The van der Waals surface area contributed by atoms with Gasteiger partial charge in [-0.2, -0.15) is 0 Å². The van der Waals surface area contributed by atoms with E-state index in [2.05, 4.69) is 22.9 Å². The molecule has 0 atom stereocenters. The Labute approximate surface area is 104 Å². The third-order valence-corrected chi connectivity index (χ3v) is 3.17. The lowest BCUT2D eigenvalue weighted by Crippen LogP contribution is -2.33. The molecule has 1 aliphatic rings. The summed E-state index contributed by atoms with van der Waals surface area (Å²) >= 11 is 3.21. The van der Waals surface area contributed by atoms with Gasteiger partial charge in [-0.1, -0.05) is 6.92 Å². The normalized spacial score (nSPS) is 15.1. The van der Waals surface area contributed by atoms with Crippen LogP contribution in [0.4, 0.5) is 0 Å². The summed E-state index contributed by atoms with van der Waals surface area (Å²) in [5, 5.41) is 0. The summed E-state index contributed by atoms with van der Waals surface area (Å²) in [6.45, 7) is 3.78. The number of furan rings is 1. The van der Waals surface area contributed by atoms with Crippen LogP contribution in [0.3, 0.4) is 0 Å². The highest BCUT2D eigenvalue weighted by Crippen LogP contribution is 2.30. The zero-order chi connectivity index (χ0) is 11.5. The van der Waals surface area contributed by atoms with E-state index in [1.807, 2.05) is 4.90 Å². The minimum Gasteiger partial charge on any atom is -0.444 e. The third kappa shape index (κ3) is 2.88. The Balaban J connectivity index is 2.02. The van der Waals surface area contributed by atoms with Gasteiger partial charge in [0, 0.05) is 13.1 Å². The van der Waals surface area contributed by atoms with Gasteiger partial charge in [0.25, 0.3) is 5.91 Å². The van der Waals surface area contributed by atoms with E-state index in [9.17, 15) is 4.79 Å². The van der Waals surface area contributed by atoms with E-state index in [4.69, 9.17) is 4.42 Å². The topological polar surface area (TPSA) is 33.5 Å². The molecule has 16 heavy (non-hydrogen) atoms. The van der Waals surface area contributed by atoms with Crippen molar-refractivity contribution in [3.8, 4) is 0 Å². The van der Waals surface area contributed by atoms with E-state index in [0.29, 0.717) is 16.3 Å². The zero-order valence-electron chi connectivity index (χ0n) is 9.41. The van der Waals surface area contributed by atoms with Crippen LogP contribution in [-0.2, 0) is 0 Å². The van der Waals surface area contributed by atoms with Crippen LogP contribution in [0.5, 0.6) is 0 Å². The van der Waals surface area contributed by atoms with Crippen LogP contribution in [0.25, 0.3) is 0 Å². The first-order valence-electron chi connectivity index (χ1n) is 5.75. The molecule has 1 saturated carbocycles. The Bertz CT molecular complexity index is 371. The molecular weight excluding hydrogens is 270 g/mol. The number of carbonyl (C=O) groups excluding carboxylic acids is 1. The average molecular weight is 286 g/mol. The fraction of sp³-hybridized carbons (Fsp3) is 0.583. The van der Waals surface area contributed by atoms with Gasteiger partial charge >= 0.3 is 0 Å². The van der Waals surface area contributed by atoms with Crippen LogP contribution in [0.1, 0.15) is 36.7 Å². The molecule has 1 aromatic rings. The van der Waals surface area contributed by atoms with Crippen molar-refractivity contribution in [1.82, 2.24) is 4.90 Å². The van der Waals surface area contributed by atoms with Crippen molar-refractivity contribution in [2.24, 2.45) is 5.92 Å². The van der Waals surface area contributed by atoms with Crippen molar-refractivity contribution in [1.29, 1.82) is 0 Å². The second kappa shape index (κ2) is 5.04. The second-order valence-electron chi connectivity index (χ2n) is 4.30. The number of carbonyl (C=O) groups is 1. The molecule has 0 N–H and O–H groups in total. The molecule has 0 aliphatic heterocycles. The largest absolute Gasteiger partial charge is 0.444 e. The van der Waals surface area contributed by atoms with Crippen molar-refractivity contribution >= 4 is 21.8 Å². The number of halogens is 1. The highest BCUT2D eigenvalue weighted by Gasteiger charge is 2.27. The Hall–Kier alpha value is -0.770. The number of rotatable bonds is 5. The van der Waals surface area contributed by atoms with E-state index in [0.717, 1.165) is 19.5 Å². The maximum atomic E-state index is 12.1. The summed E-state index contributed by atoms with van der Waals surface area (Å²) in [7, 11) is 0. The van der Waals surface area contributed by atoms with Gasteiger partial charge < -0.3 is 9.32 Å². The van der Waals surface area contributed by atoms with Gasteiger partial charge in [-0.15, -0.1) is 0 Å². The molecule has 0 bridgehead atoms. The van der Waals surface area contributed by atoms with Crippen molar-refractivity contribution in [3.63, 3.8) is 0 Å². The predicted octanol–water partition coefficient (Wildman–Crippen LogP) is 3.30. The summed E-state index contributed by atoms with van der Waals surface area (Å²) in [6.07, 6.45) is 3.50. The first-order chi connectivity index (χ1) is 7.70. The molecule has 88 valence electrons. The zero-order valence-corrected chi connectivity index (χ0v) is 11.0. The van der Waals surface area contributed by atoms with Gasteiger partial charge in [0.15, 0.2) is 10.4 Å². The summed E-state index contributed by atoms with van der Waals surface area (Å²) in [6, 6.07) is 3.48. The van der Waals surface area contributed by atoms with E-state index in [1.165, 1.54) is 12.8 Å². The minimum atomic E-state index is 0.0134. The summed E-state index contributed by atoms with van der Waals surface area (Å²) in [5.41, 5.74) is 0. The molecule has 2 rings (SSSR count). The molecule has 1 fully saturated rings. The monoisotopic (exact) mass is 285 g/mol. The Morgan fingerprint density at radius 3 is 2.81 bits per heavy atom. The lowest BCUT2D eigenvalue weighted by Gasteiger charge is -2.20. The van der Waals surface area contributed by atoms with Gasteiger partial charge in [0.1, 0.15) is 0 Å². The predicted molar refractivity (Wildman–Crippen MR) is 65.3 cm³/mol. The van der Waals surface area contributed by atoms with Gasteiger partial charge in [0.05, 0.1) is 0 Å². The van der Waals surface area contributed by atoms with Gasteiger partial charge in [0.2, 0.25) is 0 Å². The van der Waals surface area contributed by atoms with Gasteiger partial charge in [-0.3, -0.25) is 4.79 Å². The molecule has 1 heterocycles. The van der Waals surface area contributed by atoms with Crippen LogP contribution >= 0.6 is 15.9 Å². The Kier molecular flexibility index (Phi) is 3.69. The van der Waals surface area contributed by atoms with Crippen molar-refractivity contribution in [3.05, 3.63) is 22.6 Å². The first-order valence-corrected chi connectivity index (χ1v) is 6.54. The van der Waals surface area contributed by atoms with Crippen LogP contribution in [0.15, 0.2) is 21.2 Å². The molecule has 3 nitrogen and oxygen atoms in total. The van der Waals surface area contributed by atoms with Crippen LogP contribution in [0.2, 0.25) is 0 Å². The quantitative estimate of drug-likeness (QED) is 0.832. The van der Waals surface area contributed by atoms with Crippen LogP contribution < -0.4 is 0 Å². The van der Waals surface area contributed by atoms with Crippen LogP contribution in [-0.4, -0.2) is 23.9 Å². The highest BCUT2D eigenvalue weighted by atomic mass is 79.9. The van der Waals surface area contributed by atoms with Gasteiger partial charge in [-0.05, 0) is 53.2 Å². The van der Waals surface area contributed by atoms with E-state index in [1.54, 1.807) is 12.1 Å². The second-order valence-corrected chi connectivity index (χ2v) is 5.08. The molecule has 1 aliphatic carbocycles. The molecule has 0 radical (unpaired) electrons. The molecule has 4 heteroatoms. The maximum Gasteiger partial charge on any atom is 0.289 e. The summed E-state index contributed by atoms with van der Waals surface area (Å²) in [4.78, 5) is 14.0. The SMILES string of the molecule is CCCN(CC1CC1)C(=O)c1ccc(Br)o1. The number of hydrogen-bond donors (Lipinski definition) is 0. The highest BCUT2D eigenvalue weighted by molar-refractivity contribution is 9.10. The fourth-order valence-corrected chi connectivity index (χ4v) is 2.05. The first kappa shape index (κ1) is 11.7. The molecule has 0 unspecified atom stereocenters. The molecule has 0 aromatic carbocycles. The maximum absolute atomic E-state index is 12.1. The van der Waals surface area contributed by atoms with Crippen molar-refractivity contribution < 1.29 is 9.21 Å².